The van der Waals surface area contributed by atoms with Crippen molar-refractivity contribution in [2.75, 3.05) is 32.1 Å². The van der Waals surface area contributed by atoms with Gasteiger partial charge in [-0.05, 0) is 47.4 Å². The molecule has 240 valence electrons. The molecule has 0 atom stereocenters. The molecule has 1 amide bonds. The van der Waals surface area contributed by atoms with Gasteiger partial charge < -0.3 is 19.9 Å². The van der Waals surface area contributed by atoms with Crippen molar-refractivity contribution >= 4 is 40.1 Å². The Kier molecular flexibility index (Phi) is 8.48. The molecule has 5 aromatic rings. The molecule has 0 aliphatic carbocycles. The number of fused-ring (bicyclic) bond motifs is 2. The number of likely N-dealkylation sites (tertiary alicyclic amines) is 1. The number of nitrogens with one attached hydrogen (secondary N) is 2. The van der Waals surface area contributed by atoms with E-state index in [-0.39, 0.29) is 17.8 Å². The fraction of sp³-hybridized carbons (Fsp3) is 0.306. The van der Waals surface area contributed by atoms with Gasteiger partial charge in [-0.15, -0.1) is 0 Å². The number of hydrogen-bond acceptors (Lipinski definition) is 8. The van der Waals surface area contributed by atoms with Crippen molar-refractivity contribution in [2.24, 2.45) is 13.0 Å². The van der Waals surface area contributed by atoms with Gasteiger partial charge in [-0.3, -0.25) is 24.5 Å². The van der Waals surface area contributed by atoms with Gasteiger partial charge >= 0.3 is 5.97 Å². The van der Waals surface area contributed by atoms with E-state index in [1.165, 1.54) is 7.11 Å². The molecule has 7 rings (SSSR count). The minimum atomic E-state index is -0.241. The summed E-state index contributed by atoms with van der Waals surface area (Å²) < 4.78 is 6.75. The molecule has 0 bridgehead atoms. The summed E-state index contributed by atoms with van der Waals surface area (Å²) >= 11 is 7.11. The van der Waals surface area contributed by atoms with Crippen molar-refractivity contribution in [1.82, 2.24) is 29.7 Å². The summed E-state index contributed by atoms with van der Waals surface area (Å²) in [6.07, 6.45) is 5.05. The number of amides is 1. The molecular weight excluding hydrogens is 614 g/mol. The molecule has 11 heteroatoms. The van der Waals surface area contributed by atoms with Gasteiger partial charge in [0.2, 0.25) is 0 Å². The molecule has 0 unspecified atom stereocenters. The lowest BCUT2D eigenvalue weighted by atomic mass is 9.96. The van der Waals surface area contributed by atoms with Crippen molar-refractivity contribution in [3.05, 3.63) is 106 Å². The van der Waals surface area contributed by atoms with Crippen LogP contribution in [0.25, 0.3) is 22.0 Å². The van der Waals surface area contributed by atoms with Crippen LogP contribution in [0.15, 0.2) is 60.9 Å². The number of carbonyl (C=O) groups is 2. The van der Waals surface area contributed by atoms with Crippen LogP contribution in [0, 0.1) is 12.8 Å². The number of aromatic nitrogens is 4. The normalized spacial score (nSPS) is 14.9. The average molecular weight is 650 g/mol. The summed E-state index contributed by atoms with van der Waals surface area (Å²) in [5.74, 6) is -0.0404. The Bertz CT molecular complexity index is 2020. The Hall–Kier alpha value is -4.64. The molecule has 0 radical (unpaired) electrons. The number of ether oxygens (including phenoxy) is 1. The molecule has 2 aliphatic heterocycles. The van der Waals surface area contributed by atoms with E-state index in [0.717, 1.165) is 75.3 Å². The zero-order valence-corrected chi connectivity index (χ0v) is 27.4. The third kappa shape index (κ3) is 6.00. The van der Waals surface area contributed by atoms with E-state index in [0.29, 0.717) is 42.6 Å². The molecule has 1 fully saturated rings. The number of carbonyl (C=O) groups excluding carboxylic acids is 2. The standard InChI is InChI=1S/C36H36ClN7O3/c1-21-26(7-5-9-28(21)42-35(45)34-41-30-17-38-12-11-31(30)43(34)2)27-8-4-6-23(32(27)37)15-29-33-24(10-13-39-29)14-22(16-40-33)18-44-19-25(20-44)36(46)47-3/h4-10,13-14,16,25,38H,11-12,15,17-20H2,1-3H3,(H,42,45). The van der Waals surface area contributed by atoms with Crippen LogP contribution < -0.4 is 10.6 Å². The second kappa shape index (κ2) is 12.9. The van der Waals surface area contributed by atoms with Gasteiger partial charge in [0, 0.05) is 87.3 Å². The van der Waals surface area contributed by atoms with Gasteiger partial charge in [-0.1, -0.05) is 41.9 Å². The number of rotatable bonds is 8. The Morgan fingerprint density at radius 1 is 1.11 bits per heavy atom. The fourth-order valence-corrected chi connectivity index (χ4v) is 6.95. The number of anilines is 1. The topological polar surface area (TPSA) is 114 Å². The Morgan fingerprint density at radius 2 is 1.91 bits per heavy atom. The van der Waals surface area contributed by atoms with Crippen molar-refractivity contribution in [3.8, 4) is 11.1 Å². The van der Waals surface area contributed by atoms with E-state index in [1.807, 2.05) is 73.4 Å². The highest BCUT2D eigenvalue weighted by Crippen LogP contribution is 2.36. The maximum absolute atomic E-state index is 13.4. The predicted octanol–water partition coefficient (Wildman–Crippen LogP) is 5.09. The monoisotopic (exact) mass is 649 g/mol. The van der Waals surface area contributed by atoms with E-state index in [4.69, 9.17) is 21.3 Å². The lowest BCUT2D eigenvalue weighted by Gasteiger charge is -2.37. The highest BCUT2D eigenvalue weighted by Gasteiger charge is 2.33. The number of methoxy groups -OCH3 is 1. The summed E-state index contributed by atoms with van der Waals surface area (Å²) in [6, 6.07) is 16.0. The Morgan fingerprint density at radius 3 is 2.72 bits per heavy atom. The summed E-state index contributed by atoms with van der Waals surface area (Å²) in [6.45, 7) is 5.65. The van der Waals surface area contributed by atoms with Crippen molar-refractivity contribution in [3.63, 3.8) is 0 Å². The minimum Gasteiger partial charge on any atom is -0.469 e. The largest absolute Gasteiger partial charge is 0.469 e. The van der Waals surface area contributed by atoms with Crippen LogP contribution in [0.1, 0.15) is 44.4 Å². The average Bonchev–Trinajstić information content (AvgIpc) is 3.40. The second-order valence-electron chi connectivity index (χ2n) is 12.3. The third-order valence-electron chi connectivity index (χ3n) is 9.27. The molecule has 1 saturated heterocycles. The van der Waals surface area contributed by atoms with E-state index in [9.17, 15) is 9.59 Å². The summed E-state index contributed by atoms with van der Waals surface area (Å²) in [5, 5.41) is 8.05. The first-order valence-electron chi connectivity index (χ1n) is 15.8. The first-order valence-corrected chi connectivity index (χ1v) is 16.1. The van der Waals surface area contributed by atoms with Crippen molar-refractivity contribution in [1.29, 1.82) is 0 Å². The van der Waals surface area contributed by atoms with Crippen molar-refractivity contribution in [2.45, 2.75) is 32.9 Å². The van der Waals surface area contributed by atoms with Crippen LogP contribution in [0.2, 0.25) is 5.02 Å². The quantitative estimate of drug-likeness (QED) is 0.224. The van der Waals surface area contributed by atoms with Crippen LogP contribution in [0.5, 0.6) is 0 Å². The van der Waals surface area contributed by atoms with Crippen LogP contribution >= 0.6 is 11.6 Å². The minimum absolute atomic E-state index is 0.0515. The number of imidazole rings is 1. The molecule has 3 aromatic heterocycles. The maximum atomic E-state index is 13.4. The molecule has 0 spiro atoms. The van der Waals surface area contributed by atoms with Gasteiger partial charge in [0.05, 0.1) is 35.0 Å². The highest BCUT2D eigenvalue weighted by atomic mass is 35.5. The molecule has 5 heterocycles. The summed E-state index contributed by atoms with van der Waals surface area (Å²) in [4.78, 5) is 41.4. The summed E-state index contributed by atoms with van der Waals surface area (Å²) in [5.41, 5.74) is 9.16. The van der Waals surface area contributed by atoms with Crippen LogP contribution in [-0.4, -0.2) is 63.0 Å². The number of nitrogens with zero attached hydrogens (tertiary/aromatic N) is 5. The predicted molar refractivity (Wildman–Crippen MR) is 181 cm³/mol. The molecule has 47 heavy (non-hydrogen) atoms. The maximum Gasteiger partial charge on any atom is 0.311 e. The highest BCUT2D eigenvalue weighted by molar-refractivity contribution is 6.34. The van der Waals surface area contributed by atoms with Gasteiger partial charge in [0.25, 0.3) is 5.91 Å². The number of benzene rings is 2. The molecule has 2 aliphatic rings. The molecule has 10 nitrogen and oxygen atoms in total. The van der Waals surface area contributed by atoms with E-state index < -0.39 is 0 Å². The lowest BCUT2D eigenvalue weighted by Crippen LogP contribution is -2.49. The number of pyridine rings is 2. The summed E-state index contributed by atoms with van der Waals surface area (Å²) in [7, 11) is 3.33. The molecule has 2 aromatic carbocycles. The van der Waals surface area contributed by atoms with E-state index in [1.54, 1.807) is 0 Å². The van der Waals surface area contributed by atoms with Crippen LogP contribution in [0.4, 0.5) is 5.69 Å². The molecular formula is C36H36ClN7O3. The number of esters is 1. The second-order valence-corrected chi connectivity index (χ2v) is 12.7. The Labute approximate surface area is 278 Å². The SMILES string of the molecule is COC(=O)C1CN(Cc2cnc3c(Cc4cccc(-c5cccc(NC(=O)c6nc7c(n6C)CCNC7)c5C)c4Cl)nccc3c2)C1. The number of halogens is 1. The smallest absolute Gasteiger partial charge is 0.311 e. The van der Waals surface area contributed by atoms with E-state index in [2.05, 4.69) is 31.6 Å². The number of hydrogen-bond donors (Lipinski definition) is 2. The van der Waals surface area contributed by atoms with Crippen LogP contribution in [-0.2, 0) is 42.5 Å². The molecule has 2 N–H and O–H groups in total. The van der Waals surface area contributed by atoms with Gasteiger partial charge in [0.1, 0.15) is 0 Å². The van der Waals surface area contributed by atoms with E-state index >= 15 is 0 Å². The van der Waals surface area contributed by atoms with Gasteiger partial charge in [0.15, 0.2) is 5.82 Å². The zero-order valence-electron chi connectivity index (χ0n) is 26.6. The van der Waals surface area contributed by atoms with Gasteiger partial charge in [-0.2, -0.15) is 0 Å². The third-order valence-corrected chi connectivity index (χ3v) is 9.72. The van der Waals surface area contributed by atoms with Crippen LogP contribution in [0.3, 0.4) is 0 Å². The zero-order chi connectivity index (χ0) is 32.7. The first kappa shape index (κ1) is 31.0. The van der Waals surface area contributed by atoms with Gasteiger partial charge in [-0.25, -0.2) is 4.98 Å². The fourth-order valence-electron chi connectivity index (χ4n) is 6.66. The first-order chi connectivity index (χ1) is 22.8. The Balaban J connectivity index is 1.10. The van der Waals surface area contributed by atoms with Crippen molar-refractivity contribution < 1.29 is 14.3 Å². The lowest BCUT2D eigenvalue weighted by molar-refractivity contribution is -0.151. The molecule has 0 saturated carbocycles.